The molecule has 4 nitrogen and oxygen atoms in total. The van der Waals surface area contributed by atoms with Crippen molar-refractivity contribution >= 4 is 24.0 Å². The molecule has 0 heterocycles. The fourth-order valence-corrected chi connectivity index (χ4v) is 1.66. The lowest BCUT2D eigenvalue weighted by Gasteiger charge is -2.14. The highest BCUT2D eigenvalue weighted by molar-refractivity contribution is 6.32. The topological polar surface area (TPSA) is 75.7 Å². The highest BCUT2D eigenvalue weighted by atomic mass is 35.5. The molecule has 0 fully saturated rings. The van der Waals surface area contributed by atoms with Gasteiger partial charge in [0.2, 0.25) is 0 Å². The van der Waals surface area contributed by atoms with Gasteiger partial charge in [0, 0.05) is 12.6 Å². The second-order valence-electron chi connectivity index (χ2n) is 3.53. The highest BCUT2D eigenvalue weighted by Gasteiger charge is 2.13. The standard InChI is InChI=1S/C11H16ClNO3.ClH/c1-16-10-6-7(5-8(12)11(10)15)9(13)3-2-4-14;/h5-6,9,14-15H,2-4,13H2,1H3;1H/t9-;/m0./s1. The number of aliphatic hydroxyl groups is 1. The molecule has 0 bridgehead atoms. The van der Waals surface area contributed by atoms with E-state index in [4.69, 9.17) is 27.2 Å². The van der Waals surface area contributed by atoms with Crippen LogP contribution in [0.15, 0.2) is 12.1 Å². The third kappa shape index (κ3) is 4.24. The van der Waals surface area contributed by atoms with Crippen LogP contribution >= 0.6 is 24.0 Å². The van der Waals surface area contributed by atoms with Gasteiger partial charge >= 0.3 is 0 Å². The molecule has 0 aliphatic heterocycles. The maximum atomic E-state index is 9.54. The van der Waals surface area contributed by atoms with Crippen molar-refractivity contribution in [3.63, 3.8) is 0 Å². The molecule has 98 valence electrons. The fraction of sp³-hybridized carbons (Fsp3) is 0.455. The largest absolute Gasteiger partial charge is 0.503 e. The van der Waals surface area contributed by atoms with E-state index in [0.29, 0.717) is 18.6 Å². The lowest BCUT2D eigenvalue weighted by Crippen LogP contribution is -2.11. The molecular weight excluding hydrogens is 265 g/mol. The summed E-state index contributed by atoms with van der Waals surface area (Å²) in [6, 6.07) is 3.05. The quantitative estimate of drug-likeness (QED) is 0.774. The van der Waals surface area contributed by atoms with Crippen molar-refractivity contribution in [1.82, 2.24) is 0 Å². The smallest absolute Gasteiger partial charge is 0.176 e. The van der Waals surface area contributed by atoms with Gasteiger partial charge in [0.25, 0.3) is 0 Å². The number of benzene rings is 1. The first-order valence-corrected chi connectivity index (χ1v) is 5.40. The van der Waals surface area contributed by atoms with Crippen LogP contribution in [0, 0.1) is 0 Å². The maximum absolute atomic E-state index is 9.54. The van der Waals surface area contributed by atoms with E-state index in [9.17, 15) is 5.11 Å². The number of phenols is 1. The number of aromatic hydroxyl groups is 1. The summed E-state index contributed by atoms with van der Waals surface area (Å²) >= 11 is 5.84. The average Bonchev–Trinajstić information content (AvgIpc) is 2.29. The van der Waals surface area contributed by atoms with Crippen LogP contribution < -0.4 is 10.5 Å². The number of halogens is 2. The zero-order chi connectivity index (χ0) is 12.1. The van der Waals surface area contributed by atoms with Gasteiger partial charge < -0.3 is 20.7 Å². The first kappa shape index (κ1) is 16.3. The van der Waals surface area contributed by atoms with E-state index < -0.39 is 0 Å². The molecule has 0 saturated heterocycles. The third-order valence-corrected chi connectivity index (χ3v) is 2.66. The van der Waals surface area contributed by atoms with Gasteiger partial charge in [0.15, 0.2) is 11.5 Å². The number of phenolic OH excluding ortho intramolecular Hbond substituents is 1. The number of methoxy groups -OCH3 is 1. The van der Waals surface area contributed by atoms with Crippen LogP contribution in [0.25, 0.3) is 0 Å². The molecule has 17 heavy (non-hydrogen) atoms. The maximum Gasteiger partial charge on any atom is 0.176 e. The van der Waals surface area contributed by atoms with E-state index in [-0.39, 0.29) is 35.8 Å². The number of hydrogen-bond acceptors (Lipinski definition) is 4. The molecular formula is C11H17Cl2NO3. The van der Waals surface area contributed by atoms with Crippen molar-refractivity contribution in [3.8, 4) is 11.5 Å². The van der Waals surface area contributed by atoms with Crippen LogP contribution in [0.1, 0.15) is 24.4 Å². The number of nitrogens with two attached hydrogens (primary N) is 1. The number of ether oxygens (including phenoxy) is 1. The Morgan fingerprint density at radius 2 is 2.12 bits per heavy atom. The number of hydrogen-bond donors (Lipinski definition) is 3. The Bertz CT molecular complexity index is 361. The fourth-order valence-electron chi connectivity index (χ4n) is 1.44. The molecule has 0 radical (unpaired) electrons. The van der Waals surface area contributed by atoms with Crippen molar-refractivity contribution in [2.45, 2.75) is 18.9 Å². The molecule has 0 spiro atoms. The first-order chi connectivity index (χ1) is 7.60. The van der Waals surface area contributed by atoms with Crippen LogP contribution in [-0.4, -0.2) is 23.9 Å². The van der Waals surface area contributed by atoms with E-state index >= 15 is 0 Å². The van der Waals surface area contributed by atoms with Crippen LogP contribution in [-0.2, 0) is 0 Å². The van der Waals surface area contributed by atoms with Crippen LogP contribution in [0.2, 0.25) is 5.02 Å². The van der Waals surface area contributed by atoms with Crippen molar-refractivity contribution in [3.05, 3.63) is 22.7 Å². The Morgan fingerprint density at radius 1 is 1.47 bits per heavy atom. The lowest BCUT2D eigenvalue weighted by molar-refractivity contribution is 0.280. The Balaban J connectivity index is 0.00000256. The summed E-state index contributed by atoms with van der Waals surface area (Å²) in [5.41, 5.74) is 6.70. The molecule has 4 N–H and O–H groups in total. The van der Waals surface area contributed by atoms with Crippen molar-refractivity contribution in [2.75, 3.05) is 13.7 Å². The van der Waals surface area contributed by atoms with Crippen LogP contribution in [0.3, 0.4) is 0 Å². The number of aliphatic hydroxyl groups excluding tert-OH is 1. The van der Waals surface area contributed by atoms with Gasteiger partial charge in [-0.3, -0.25) is 0 Å². The molecule has 0 amide bonds. The van der Waals surface area contributed by atoms with E-state index in [2.05, 4.69) is 0 Å². The Labute approximate surface area is 112 Å². The Morgan fingerprint density at radius 3 is 2.65 bits per heavy atom. The molecule has 1 aromatic rings. The molecule has 0 aromatic heterocycles. The normalized spacial score (nSPS) is 11.8. The molecule has 0 saturated carbocycles. The predicted molar refractivity (Wildman–Crippen MR) is 70.2 cm³/mol. The summed E-state index contributed by atoms with van der Waals surface area (Å²) < 4.78 is 4.98. The molecule has 0 aliphatic carbocycles. The van der Waals surface area contributed by atoms with Gasteiger partial charge in [-0.2, -0.15) is 0 Å². The van der Waals surface area contributed by atoms with Crippen LogP contribution in [0.4, 0.5) is 0 Å². The highest BCUT2D eigenvalue weighted by Crippen LogP contribution is 2.36. The summed E-state index contributed by atoms with van der Waals surface area (Å²) in [7, 11) is 1.45. The van der Waals surface area contributed by atoms with Gasteiger partial charge in [-0.05, 0) is 30.5 Å². The Kier molecular flexibility index (Phi) is 7.30. The second-order valence-corrected chi connectivity index (χ2v) is 3.93. The second kappa shape index (κ2) is 7.61. The minimum absolute atomic E-state index is 0. The summed E-state index contributed by atoms with van der Waals surface area (Å²) in [6.45, 7) is 0.108. The molecule has 0 aliphatic rings. The van der Waals surface area contributed by atoms with Gasteiger partial charge in [-0.1, -0.05) is 11.6 Å². The average molecular weight is 282 g/mol. The van der Waals surface area contributed by atoms with E-state index in [1.807, 2.05) is 0 Å². The Hall–Kier alpha value is -0.680. The summed E-state index contributed by atoms with van der Waals surface area (Å²) in [5.74, 6) is 0.226. The van der Waals surface area contributed by atoms with E-state index in [1.54, 1.807) is 12.1 Å². The molecule has 6 heteroatoms. The minimum atomic E-state index is -0.223. The SMILES string of the molecule is COc1cc([C@@H](N)CCCO)cc(Cl)c1O.Cl. The predicted octanol–water partition coefficient (Wildman–Crippen LogP) is 2.25. The lowest BCUT2D eigenvalue weighted by atomic mass is 10.0. The van der Waals surface area contributed by atoms with Gasteiger partial charge in [-0.15, -0.1) is 12.4 Å². The minimum Gasteiger partial charge on any atom is -0.503 e. The van der Waals surface area contributed by atoms with Gasteiger partial charge in [0.1, 0.15) is 0 Å². The monoisotopic (exact) mass is 281 g/mol. The first-order valence-electron chi connectivity index (χ1n) is 5.03. The molecule has 1 rings (SSSR count). The van der Waals surface area contributed by atoms with Gasteiger partial charge in [-0.25, -0.2) is 0 Å². The molecule has 1 atom stereocenters. The summed E-state index contributed by atoms with van der Waals surface area (Å²) in [5, 5.41) is 18.5. The zero-order valence-electron chi connectivity index (χ0n) is 9.52. The molecule has 1 aromatic carbocycles. The van der Waals surface area contributed by atoms with Crippen molar-refractivity contribution in [2.24, 2.45) is 5.73 Å². The van der Waals surface area contributed by atoms with Gasteiger partial charge in [0.05, 0.1) is 12.1 Å². The summed E-state index contributed by atoms with van der Waals surface area (Å²) in [4.78, 5) is 0. The zero-order valence-corrected chi connectivity index (χ0v) is 11.1. The van der Waals surface area contributed by atoms with Crippen molar-refractivity contribution in [1.29, 1.82) is 0 Å². The third-order valence-electron chi connectivity index (χ3n) is 2.37. The summed E-state index contributed by atoms with van der Waals surface area (Å²) in [6.07, 6.45) is 1.28. The van der Waals surface area contributed by atoms with E-state index in [0.717, 1.165) is 5.56 Å². The van der Waals surface area contributed by atoms with E-state index in [1.165, 1.54) is 7.11 Å². The van der Waals surface area contributed by atoms with Crippen LogP contribution in [0.5, 0.6) is 11.5 Å². The molecule has 0 unspecified atom stereocenters. The van der Waals surface area contributed by atoms with Crippen molar-refractivity contribution < 1.29 is 14.9 Å². The number of rotatable bonds is 5.